The van der Waals surface area contributed by atoms with E-state index in [1.807, 2.05) is 0 Å². The van der Waals surface area contributed by atoms with Crippen molar-refractivity contribution in [1.82, 2.24) is 14.8 Å². The van der Waals surface area contributed by atoms with Gasteiger partial charge in [0.1, 0.15) is 0 Å². The molecule has 0 bridgehead atoms. The predicted octanol–water partition coefficient (Wildman–Crippen LogP) is 1.01. The van der Waals surface area contributed by atoms with Gasteiger partial charge in [-0.3, -0.25) is 4.57 Å². The van der Waals surface area contributed by atoms with Gasteiger partial charge in [0.2, 0.25) is 15.8 Å². The Labute approximate surface area is 107 Å². The van der Waals surface area contributed by atoms with Crippen molar-refractivity contribution in [3.05, 3.63) is 12.7 Å². The second-order valence-corrected chi connectivity index (χ2v) is 6.60. The summed E-state index contributed by atoms with van der Waals surface area (Å²) in [5.41, 5.74) is 5.61. The SMILES string of the molecule is C=CCn1c(N)nnc1S(=O)(=O)CC1CCCC1. The number of hydrogen-bond acceptors (Lipinski definition) is 5. The van der Waals surface area contributed by atoms with Crippen LogP contribution in [0.25, 0.3) is 0 Å². The number of nitrogens with two attached hydrogens (primary N) is 1. The van der Waals surface area contributed by atoms with Gasteiger partial charge in [-0.15, -0.1) is 16.8 Å². The van der Waals surface area contributed by atoms with Crippen molar-refractivity contribution < 1.29 is 8.42 Å². The number of sulfone groups is 1. The third kappa shape index (κ3) is 2.55. The van der Waals surface area contributed by atoms with Gasteiger partial charge in [0.25, 0.3) is 5.16 Å². The van der Waals surface area contributed by atoms with E-state index >= 15 is 0 Å². The largest absolute Gasteiger partial charge is 0.368 e. The molecule has 1 aliphatic rings. The molecule has 0 amide bonds. The fraction of sp³-hybridized carbons (Fsp3) is 0.636. The van der Waals surface area contributed by atoms with Gasteiger partial charge in [0.05, 0.1) is 5.75 Å². The number of nitrogen functional groups attached to an aromatic ring is 1. The molecule has 1 fully saturated rings. The van der Waals surface area contributed by atoms with Crippen molar-refractivity contribution in [2.24, 2.45) is 5.92 Å². The fourth-order valence-corrected chi connectivity index (χ4v) is 4.16. The Morgan fingerprint density at radius 1 is 1.39 bits per heavy atom. The van der Waals surface area contributed by atoms with Crippen molar-refractivity contribution in [3.8, 4) is 0 Å². The Bertz CT molecular complexity index is 529. The molecule has 100 valence electrons. The zero-order valence-corrected chi connectivity index (χ0v) is 11.1. The molecule has 6 nitrogen and oxygen atoms in total. The highest BCUT2D eigenvalue weighted by molar-refractivity contribution is 7.91. The topological polar surface area (TPSA) is 90.9 Å². The van der Waals surface area contributed by atoms with Crippen molar-refractivity contribution in [2.75, 3.05) is 11.5 Å². The minimum atomic E-state index is -3.41. The Morgan fingerprint density at radius 3 is 2.67 bits per heavy atom. The van der Waals surface area contributed by atoms with Crippen molar-refractivity contribution >= 4 is 15.8 Å². The van der Waals surface area contributed by atoms with Gasteiger partial charge >= 0.3 is 0 Å². The molecule has 7 heteroatoms. The van der Waals surface area contributed by atoms with Crippen LogP contribution in [-0.4, -0.2) is 28.9 Å². The van der Waals surface area contributed by atoms with Crippen LogP contribution in [0.3, 0.4) is 0 Å². The van der Waals surface area contributed by atoms with Crippen molar-refractivity contribution in [2.45, 2.75) is 37.4 Å². The van der Waals surface area contributed by atoms with Crippen LogP contribution < -0.4 is 5.73 Å². The van der Waals surface area contributed by atoms with E-state index in [4.69, 9.17) is 5.73 Å². The molecule has 0 aliphatic heterocycles. The molecular formula is C11H18N4O2S. The first kappa shape index (κ1) is 13.1. The van der Waals surface area contributed by atoms with Crippen LogP contribution in [0.5, 0.6) is 0 Å². The normalized spacial score (nSPS) is 17.1. The maximum absolute atomic E-state index is 12.3. The van der Waals surface area contributed by atoms with E-state index in [0.717, 1.165) is 25.7 Å². The summed E-state index contributed by atoms with van der Waals surface area (Å²) in [7, 11) is -3.41. The number of aromatic nitrogens is 3. The first-order valence-electron chi connectivity index (χ1n) is 6.07. The van der Waals surface area contributed by atoms with E-state index < -0.39 is 9.84 Å². The minimum absolute atomic E-state index is 0.0354. The van der Waals surface area contributed by atoms with Gasteiger partial charge in [0.15, 0.2) is 0 Å². The lowest BCUT2D eigenvalue weighted by atomic mass is 10.1. The lowest BCUT2D eigenvalue weighted by molar-refractivity contribution is 0.543. The fourth-order valence-electron chi connectivity index (χ4n) is 2.39. The molecule has 2 rings (SSSR count). The Morgan fingerprint density at radius 2 is 2.06 bits per heavy atom. The molecule has 1 aliphatic carbocycles. The van der Waals surface area contributed by atoms with Crippen LogP contribution in [0.1, 0.15) is 25.7 Å². The molecule has 1 aromatic heterocycles. The smallest absolute Gasteiger partial charge is 0.251 e. The molecule has 0 unspecified atom stereocenters. The lowest BCUT2D eigenvalue weighted by Gasteiger charge is -2.10. The van der Waals surface area contributed by atoms with Gasteiger partial charge in [-0.25, -0.2) is 8.42 Å². The zero-order chi connectivity index (χ0) is 13.2. The summed E-state index contributed by atoms with van der Waals surface area (Å²) in [6.45, 7) is 3.88. The molecule has 0 aromatic carbocycles. The van der Waals surface area contributed by atoms with Crippen LogP contribution in [0.15, 0.2) is 17.8 Å². The third-order valence-electron chi connectivity index (χ3n) is 3.27. The molecule has 0 spiro atoms. The summed E-state index contributed by atoms with van der Waals surface area (Å²) in [5.74, 6) is 0.493. The molecule has 1 saturated carbocycles. The van der Waals surface area contributed by atoms with Gasteiger partial charge < -0.3 is 5.73 Å². The number of allylic oxidation sites excluding steroid dienone is 1. The zero-order valence-electron chi connectivity index (χ0n) is 10.2. The highest BCUT2D eigenvalue weighted by Gasteiger charge is 2.28. The van der Waals surface area contributed by atoms with Gasteiger partial charge in [0, 0.05) is 6.54 Å². The summed E-state index contributed by atoms with van der Waals surface area (Å²) >= 11 is 0. The molecule has 1 heterocycles. The summed E-state index contributed by atoms with van der Waals surface area (Å²) in [6.07, 6.45) is 5.76. The van der Waals surface area contributed by atoms with Crippen molar-refractivity contribution in [1.29, 1.82) is 0 Å². The van der Waals surface area contributed by atoms with E-state index in [1.165, 1.54) is 4.57 Å². The minimum Gasteiger partial charge on any atom is -0.368 e. The average Bonchev–Trinajstić information content (AvgIpc) is 2.90. The van der Waals surface area contributed by atoms with Crippen LogP contribution in [-0.2, 0) is 16.4 Å². The highest BCUT2D eigenvalue weighted by atomic mass is 32.2. The van der Waals surface area contributed by atoms with Crippen LogP contribution in [0, 0.1) is 5.92 Å². The molecule has 18 heavy (non-hydrogen) atoms. The van der Waals surface area contributed by atoms with Gasteiger partial charge in [-0.1, -0.05) is 18.9 Å². The summed E-state index contributed by atoms with van der Waals surface area (Å²) < 4.78 is 26.0. The Hall–Kier alpha value is -1.37. The molecule has 0 atom stereocenters. The Kier molecular flexibility index (Phi) is 3.70. The van der Waals surface area contributed by atoms with Crippen molar-refractivity contribution in [3.63, 3.8) is 0 Å². The second kappa shape index (κ2) is 5.09. The molecule has 0 saturated heterocycles. The van der Waals surface area contributed by atoms with E-state index in [-0.39, 0.29) is 22.8 Å². The van der Waals surface area contributed by atoms with E-state index in [2.05, 4.69) is 16.8 Å². The number of rotatable bonds is 5. The van der Waals surface area contributed by atoms with E-state index in [9.17, 15) is 8.42 Å². The molecular weight excluding hydrogens is 252 g/mol. The second-order valence-electron chi connectivity index (χ2n) is 4.67. The van der Waals surface area contributed by atoms with Crippen LogP contribution >= 0.6 is 0 Å². The summed E-state index contributed by atoms with van der Waals surface area (Å²) in [4.78, 5) is 0. The van der Waals surface area contributed by atoms with Crippen LogP contribution in [0.2, 0.25) is 0 Å². The van der Waals surface area contributed by atoms with Gasteiger partial charge in [-0.2, -0.15) is 0 Å². The number of hydrogen-bond donors (Lipinski definition) is 1. The average molecular weight is 270 g/mol. The highest BCUT2D eigenvalue weighted by Crippen LogP contribution is 2.27. The van der Waals surface area contributed by atoms with Gasteiger partial charge in [-0.05, 0) is 18.8 Å². The molecule has 2 N–H and O–H groups in total. The third-order valence-corrected chi connectivity index (χ3v) is 5.03. The first-order valence-corrected chi connectivity index (χ1v) is 7.72. The number of nitrogens with zero attached hydrogens (tertiary/aromatic N) is 3. The summed E-state index contributed by atoms with van der Waals surface area (Å²) in [6, 6.07) is 0. The summed E-state index contributed by atoms with van der Waals surface area (Å²) in [5, 5.41) is 7.30. The monoisotopic (exact) mass is 270 g/mol. The number of anilines is 1. The van der Waals surface area contributed by atoms with E-state index in [1.54, 1.807) is 6.08 Å². The maximum atomic E-state index is 12.3. The molecule has 0 radical (unpaired) electrons. The Balaban J connectivity index is 2.25. The molecule has 1 aromatic rings. The maximum Gasteiger partial charge on any atom is 0.251 e. The predicted molar refractivity (Wildman–Crippen MR) is 68.6 cm³/mol. The van der Waals surface area contributed by atoms with E-state index in [0.29, 0.717) is 6.54 Å². The van der Waals surface area contributed by atoms with Crippen LogP contribution in [0.4, 0.5) is 5.95 Å². The standard InChI is InChI=1S/C11H18N4O2S/c1-2-7-15-10(12)13-14-11(15)18(16,17)8-9-5-3-4-6-9/h2,9H,1,3-8H2,(H2,12,13). The lowest BCUT2D eigenvalue weighted by Crippen LogP contribution is -2.19. The first-order chi connectivity index (χ1) is 8.54. The quantitative estimate of drug-likeness (QED) is 0.806.